The summed E-state index contributed by atoms with van der Waals surface area (Å²) < 4.78 is 0. The highest BCUT2D eigenvalue weighted by Gasteiger charge is 2.03. The molecule has 0 aromatic heterocycles. The molecule has 0 aliphatic heterocycles. The van der Waals surface area contributed by atoms with Crippen LogP contribution in [0, 0.1) is 0 Å². The van der Waals surface area contributed by atoms with Crippen molar-refractivity contribution in [2.75, 3.05) is 34.2 Å². The number of nitrogens with zero attached hydrogens (tertiary/aromatic N) is 2. The van der Waals surface area contributed by atoms with E-state index in [9.17, 15) is 0 Å². The second kappa shape index (κ2) is 7.22. The van der Waals surface area contributed by atoms with Gasteiger partial charge < -0.3 is 9.80 Å². The first-order valence-electron chi connectivity index (χ1n) is 7.13. The first kappa shape index (κ1) is 14.8. The Labute approximate surface area is 122 Å². The van der Waals surface area contributed by atoms with Crippen LogP contribution in [0.5, 0.6) is 0 Å². The van der Waals surface area contributed by atoms with Crippen molar-refractivity contribution < 1.29 is 0 Å². The Kier molecular flexibility index (Phi) is 5.33. The fourth-order valence-corrected chi connectivity index (χ4v) is 2.24. The van der Waals surface area contributed by atoms with Crippen molar-refractivity contribution in [2.24, 2.45) is 0 Å². The van der Waals surface area contributed by atoms with Crippen molar-refractivity contribution in [2.45, 2.75) is 6.54 Å². The van der Waals surface area contributed by atoms with Crippen LogP contribution in [0.2, 0.25) is 0 Å². The number of hydrogen-bond acceptors (Lipinski definition) is 2. The third-order valence-electron chi connectivity index (χ3n) is 3.42. The van der Waals surface area contributed by atoms with Crippen LogP contribution in [0.1, 0.15) is 5.56 Å². The van der Waals surface area contributed by atoms with Gasteiger partial charge in [0.25, 0.3) is 0 Å². The maximum Gasteiger partial charge on any atom is 0.0231 e. The lowest BCUT2D eigenvalue weighted by Crippen LogP contribution is -2.28. The fraction of sp³-hybridized carbons (Fsp3) is 0.333. The Morgan fingerprint density at radius 2 is 1.45 bits per heavy atom. The molecule has 20 heavy (non-hydrogen) atoms. The zero-order valence-electron chi connectivity index (χ0n) is 12.7. The van der Waals surface area contributed by atoms with E-state index in [1.54, 1.807) is 0 Å². The SMILES string of the molecule is CN(C)CCN(C)Cc1cccc(-c2ccccc2)c1. The average Bonchev–Trinajstić information content (AvgIpc) is 2.46. The van der Waals surface area contributed by atoms with Crippen LogP contribution in [0.15, 0.2) is 54.6 Å². The lowest BCUT2D eigenvalue weighted by atomic mass is 10.0. The number of benzene rings is 2. The molecular weight excluding hydrogens is 244 g/mol. The predicted octanol–water partition coefficient (Wildman–Crippen LogP) is 3.35. The van der Waals surface area contributed by atoms with Gasteiger partial charge in [-0.15, -0.1) is 0 Å². The highest BCUT2D eigenvalue weighted by atomic mass is 15.1. The molecule has 0 aliphatic carbocycles. The highest BCUT2D eigenvalue weighted by molar-refractivity contribution is 5.63. The van der Waals surface area contributed by atoms with Crippen LogP contribution in [0.3, 0.4) is 0 Å². The summed E-state index contributed by atoms with van der Waals surface area (Å²) >= 11 is 0. The molecule has 2 heteroatoms. The molecule has 106 valence electrons. The van der Waals surface area contributed by atoms with E-state index >= 15 is 0 Å². The van der Waals surface area contributed by atoms with Crippen molar-refractivity contribution in [1.82, 2.24) is 9.80 Å². The second-order valence-corrected chi connectivity index (χ2v) is 5.61. The van der Waals surface area contributed by atoms with Crippen molar-refractivity contribution >= 4 is 0 Å². The molecule has 0 fully saturated rings. The maximum absolute atomic E-state index is 2.37. The highest BCUT2D eigenvalue weighted by Crippen LogP contribution is 2.20. The number of rotatable bonds is 6. The van der Waals surface area contributed by atoms with Gasteiger partial charge in [-0.25, -0.2) is 0 Å². The lowest BCUT2D eigenvalue weighted by Gasteiger charge is -2.19. The summed E-state index contributed by atoms with van der Waals surface area (Å²) in [5, 5.41) is 0. The Balaban J connectivity index is 2.03. The van der Waals surface area contributed by atoms with E-state index in [2.05, 4.69) is 85.5 Å². The Bertz CT molecular complexity index is 520. The van der Waals surface area contributed by atoms with Gasteiger partial charge in [0, 0.05) is 19.6 Å². The second-order valence-electron chi connectivity index (χ2n) is 5.61. The molecule has 0 radical (unpaired) electrons. The molecule has 2 aromatic carbocycles. The van der Waals surface area contributed by atoms with Gasteiger partial charge in [0.2, 0.25) is 0 Å². The largest absolute Gasteiger partial charge is 0.308 e. The predicted molar refractivity (Wildman–Crippen MR) is 86.8 cm³/mol. The van der Waals surface area contributed by atoms with Crippen LogP contribution in [0.4, 0.5) is 0 Å². The fourth-order valence-electron chi connectivity index (χ4n) is 2.24. The molecule has 0 spiro atoms. The van der Waals surface area contributed by atoms with Crippen molar-refractivity contribution in [3.8, 4) is 11.1 Å². The van der Waals surface area contributed by atoms with Gasteiger partial charge in [0.15, 0.2) is 0 Å². The van der Waals surface area contributed by atoms with Crippen LogP contribution in [-0.4, -0.2) is 44.0 Å². The topological polar surface area (TPSA) is 6.48 Å². The first-order valence-corrected chi connectivity index (χ1v) is 7.13. The van der Waals surface area contributed by atoms with Crippen LogP contribution < -0.4 is 0 Å². The summed E-state index contributed by atoms with van der Waals surface area (Å²) in [6.45, 7) is 3.17. The molecule has 0 atom stereocenters. The van der Waals surface area contributed by atoms with Gasteiger partial charge in [0.05, 0.1) is 0 Å². The summed E-state index contributed by atoms with van der Waals surface area (Å²) in [4.78, 5) is 4.58. The zero-order chi connectivity index (χ0) is 14.4. The maximum atomic E-state index is 2.37. The molecule has 2 nitrogen and oxygen atoms in total. The smallest absolute Gasteiger partial charge is 0.0231 e. The van der Waals surface area contributed by atoms with Crippen LogP contribution in [0.25, 0.3) is 11.1 Å². The van der Waals surface area contributed by atoms with Crippen LogP contribution in [-0.2, 0) is 6.54 Å². The van der Waals surface area contributed by atoms with Crippen molar-refractivity contribution in [1.29, 1.82) is 0 Å². The summed E-state index contributed by atoms with van der Waals surface area (Å²) in [6.07, 6.45) is 0. The third kappa shape index (κ3) is 4.48. The Hall–Kier alpha value is -1.64. The van der Waals surface area contributed by atoms with Gasteiger partial charge in [-0.3, -0.25) is 0 Å². The zero-order valence-corrected chi connectivity index (χ0v) is 12.7. The van der Waals surface area contributed by atoms with Crippen molar-refractivity contribution in [3.05, 3.63) is 60.2 Å². The van der Waals surface area contributed by atoms with Crippen molar-refractivity contribution in [3.63, 3.8) is 0 Å². The van der Waals surface area contributed by atoms with Crippen LogP contribution >= 0.6 is 0 Å². The minimum absolute atomic E-state index is 0.995. The Morgan fingerprint density at radius 1 is 0.750 bits per heavy atom. The van der Waals surface area contributed by atoms with E-state index in [-0.39, 0.29) is 0 Å². The van der Waals surface area contributed by atoms with Gasteiger partial charge in [-0.1, -0.05) is 48.5 Å². The lowest BCUT2D eigenvalue weighted by molar-refractivity contribution is 0.276. The molecule has 0 unspecified atom stereocenters. The van der Waals surface area contributed by atoms with E-state index in [4.69, 9.17) is 0 Å². The monoisotopic (exact) mass is 268 g/mol. The van der Waals surface area contributed by atoms with E-state index < -0.39 is 0 Å². The molecule has 2 aromatic rings. The first-order chi connectivity index (χ1) is 9.65. The van der Waals surface area contributed by atoms with E-state index in [0.717, 1.165) is 19.6 Å². The van der Waals surface area contributed by atoms with Gasteiger partial charge in [-0.2, -0.15) is 0 Å². The molecule has 0 aliphatic rings. The van der Waals surface area contributed by atoms with E-state index in [1.807, 2.05) is 0 Å². The van der Waals surface area contributed by atoms with Gasteiger partial charge in [-0.05, 0) is 43.9 Å². The number of likely N-dealkylation sites (N-methyl/N-ethyl adjacent to an activating group) is 2. The van der Waals surface area contributed by atoms with Gasteiger partial charge >= 0.3 is 0 Å². The van der Waals surface area contributed by atoms with E-state index in [0.29, 0.717) is 0 Å². The molecule has 0 amide bonds. The minimum Gasteiger partial charge on any atom is -0.308 e. The van der Waals surface area contributed by atoms with Gasteiger partial charge in [0.1, 0.15) is 0 Å². The molecule has 0 saturated carbocycles. The summed E-state index contributed by atoms with van der Waals surface area (Å²) in [6, 6.07) is 19.4. The minimum atomic E-state index is 0.995. The Morgan fingerprint density at radius 3 is 2.15 bits per heavy atom. The summed E-state index contributed by atoms with van der Waals surface area (Å²) in [5.41, 5.74) is 3.95. The normalized spacial score (nSPS) is 11.2. The van der Waals surface area contributed by atoms with E-state index in [1.165, 1.54) is 16.7 Å². The quantitative estimate of drug-likeness (QED) is 0.793. The molecular formula is C18H24N2. The molecule has 0 N–H and O–H groups in total. The summed E-state index contributed by atoms with van der Waals surface area (Å²) in [5.74, 6) is 0. The third-order valence-corrected chi connectivity index (χ3v) is 3.42. The number of hydrogen-bond donors (Lipinski definition) is 0. The standard InChI is InChI=1S/C18H24N2/c1-19(2)12-13-20(3)15-16-8-7-11-18(14-16)17-9-5-4-6-10-17/h4-11,14H,12-13,15H2,1-3H3. The molecule has 0 bridgehead atoms. The molecule has 0 heterocycles. The summed E-state index contributed by atoms with van der Waals surface area (Å²) in [7, 11) is 6.41. The average molecular weight is 268 g/mol. The molecule has 0 saturated heterocycles. The molecule has 2 rings (SSSR count).